The van der Waals surface area contributed by atoms with E-state index in [0.29, 0.717) is 7.18 Å². The molecule has 0 spiro atoms. The molecule has 1 saturated carbocycles. The van der Waals surface area contributed by atoms with Gasteiger partial charge >= 0.3 is 0 Å². The molecule has 1 aliphatic carbocycles. The van der Waals surface area contributed by atoms with Gasteiger partial charge in [-0.25, -0.2) is 0 Å². The van der Waals surface area contributed by atoms with Crippen LogP contribution in [0.2, 0.25) is 0 Å². The van der Waals surface area contributed by atoms with Gasteiger partial charge in [0.25, 0.3) is 0 Å². The molecule has 0 heterocycles. The second-order valence-corrected chi connectivity index (χ2v) is 3.10. The van der Waals surface area contributed by atoms with E-state index >= 15 is 0 Å². The summed E-state index contributed by atoms with van der Waals surface area (Å²) in [5.41, 5.74) is 0. The second-order valence-electron chi connectivity index (χ2n) is 3.10. The zero-order valence-corrected chi connectivity index (χ0v) is 7.20. The molecule has 0 aromatic rings. The minimum absolute atomic E-state index is 0.500. The lowest BCUT2D eigenvalue weighted by Gasteiger charge is -2.02. The molecule has 0 radical (unpaired) electrons. The van der Waals surface area contributed by atoms with Gasteiger partial charge in [-0.2, -0.15) is 0 Å². The maximum atomic E-state index is 9.50. The van der Waals surface area contributed by atoms with Crippen LogP contribution in [0, 0.1) is 5.92 Å². The zero-order chi connectivity index (χ0) is 7.82. The Labute approximate surface area is 63.8 Å². The molecule has 10 heavy (non-hydrogen) atoms. The number of halogens is 1. The summed E-state index contributed by atoms with van der Waals surface area (Å²) >= 11 is 0. The highest BCUT2D eigenvalue weighted by molar-refractivity contribution is 4.58. The van der Waals surface area contributed by atoms with Crippen molar-refractivity contribution in [3.05, 3.63) is 0 Å². The molecule has 0 aromatic carbocycles. The van der Waals surface area contributed by atoms with Crippen molar-refractivity contribution in [3.8, 4) is 0 Å². The Hall–Kier alpha value is -0.0700. The van der Waals surface area contributed by atoms with Gasteiger partial charge in [-0.05, 0) is 5.92 Å². The van der Waals surface area contributed by atoms with Gasteiger partial charge in [0.05, 0.1) is 7.18 Å². The fourth-order valence-corrected chi connectivity index (χ4v) is 1.48. The van der Waals surface area contributed by atoms with Crippen molar-refractivity contribution in [2.24, 2.45) is 5.92 Å². The smallest absolute Gasteiger partial charge is 0.0785 e. The average molecular weight is 146 g/mol. The lowest BCUT2D eigenvalue weighted by molar-refractivity contribution is 0.505. The monoisotopic (exact) mass is 146 g/mol. The number of rotatable bonds is 0. The Morgan fingerprint density at radius 3 is 1.70 bits per heavy atom. The molecule has 0 aliphatic heterocycles. The van der Waals surface area contributed by atoms with E-state index in [2.05, 4.69) is 6.92 Å². The molecular formula is C9H19F. The highest BCUT2D eigenvalue weighted by Gasteiger charge is 2.04. The quantitative estimate of drug-likeness (QED) is 0.458. The van der Waals surface area contributed by atoms with Gasteiger partial charge in [-0.15, -0.1) is 0 Å². The first-order valence-corrected chi connectivity index (χ1v) is 4.27. The summed E-state index contributed by atoms with van der Waals surface area (Å²) in [5.74, 6) is 1.03. The van der Waals surface area contributed by atoms with Crippen molar-refractivity contribution >= 4 is 0 Å². The Bertz CT molecular complexity index is 53.7. The molecule has 0 atom stereocenters. The van der Waals surface area contributed by atoms with Crippen LogP contribution in [0.1, 0.15) is 45.4 Å². The number of hydrogen-bond acceptors (Lipinski definition) is 0. The molecule has 0 saturated heterocycles. The van der Waals surface area contributed by atoms with Crippen molar-refractivity contribution in [2.75, 3.05) is 7.18 Å². The van der Waals surface area contributed by atoms with E-state index in [9.17, 15) is 4.39 Å². The van der Waals surface area contributed by atoms with Crippen LogP contribution in [-0.4, -0.2) is 7.18 Å². The zero-order valence-electron chi connectivity index (χ0n) is 7.20. The number of hydrogen-bond donors (Lipinski definition) is 0. The van der Waals surface area contributed by atoms with Gasteiger partial charge in [0.2, 0.25) is 0 Å². The lowest BCUT2D eigenvalue weighted by atomic mass is 10.0. The highest BCUT2D eigenvalue weighted by atomic mass is 19.1. The first kappa shape index (κ1) is 9.93. The molecule has 0 nitrogen and oxygen atoms in total. The molecule has 1 rings (SSSR count). The van der Waals surface area contributed by atoms with Crippen molar-refractivity contribution in [3.63, 3.8) is 0 Å². The minimum Gasteiger partial charge on any atom is -0.255 e. The van der Waals surface area contributed by atoms with Crippen LogP contribution in [0.25, 0.3) is 0 Å². The summed E-state index contributed by atoms with van der Waals surface area (Å²) in [4.78, 5) is 0. The van der Waals surface area contributed by atoms with Crippen molar-refractivity contribution in [2.45, 2.75) is 45.4 Å². The number of alkyl halides is 1. The van der Waals surface area contributed by atoms with Crippen molar-refractivity contribution in [1.29, 1.82) is 0 Å². The predicted molar refractivity (Wildman–Crippen MR) is 43.9 cm³/mol. The Balaban J connectivity index is 0.000000371. The van der Waals surface area contributed by atoms with Crippen molar-refractivity contribution in [1.82, 2.24) is 0 Å². The van der Waals surface area contributed by atoms with Crippen LogP contribution in [-0.2, 0) is 0 Å². The summed E-state index contributed by atoms with van der Waals surface area (Å²) < 4.78 is 9.50. The summed E-state index contributed by atoms with van der Waals surface area (Å²) in [6, 6.07) is 0. The second kappa shape index (κ2) is 7.04. The fourth-order valence-electron chi connectivity index (χ4n) is 1.48. The third kappa shape index (κ3) is 4.78. The van der Waals surface area contributed by atoms with E-state index in [1.54, 1.807) is 0 Å². The largest absolute Gasteiger partial charge is 0.255 e. The summed E-state index contributed by atoms with van der Waals surface area (Å²) in [6.07, 6.45) is 8.93. The standard InChI is InChI=1S/C8H16.CH3F/c1-8-6-4-2-3-5-7-8;1-2/h8H,2-7H2,1H3;1H3. The van der Waals surface area contributed by atoms with Gasteiger partial charge in [0.1, 0.15) is 0 Å². The van der Waals surface area contributed by atoms with E-state index in [-0.39, 0.29) is 0 Å². The van der Waals surface area contributed by atoms with Crippen molar-refractivity contribution < 1.29 is 4.39 Å². The summed E-state index contributed by atoms with van der Waals surface area (Å²) in [7, 11) is 0.500. The van der Waals surface area contributed by atoms with Crippen LogP contribution in [0.3, 0.4) is 0 Å². The molecule has 62 valence electrons. The maximum Gasteiger partial charge on any atom is 0.0785 e. The topological polar surface area (TPSA) is 0 Å². The molecule has 1 fully saturated rings. The normalized spacial score (nSPS) is 20.7. The first-order valence-electron chi connectivity index (χ1n) is 4.27. The summed E-state index contributed by atoms with van der Waals surface area (Å²) in [5, 5.41) is 0. The molecule has 0 N–H and O–H groups in total. The van der Waals surface area contributed by atoms with Crippen LogP contribution in [0.15, 0.2) is 0 Å². The molecule has 0 bridgehead atoms. The average Bonchev–Trinajstić information content (AvgIpc) is 2.21. The Morgan fingerprint density at radius 2 is 1.30 bits per heavy atom. The SMILES string of the molecule is CC1CCCCCC1.CF. The van der Waals surface area contributed by atoms with Gasteiger partial charge in [0.15, 0.2) is 0 Å². The van der Waals surface area contributed by atoms with Crippen LogP contribution >= 0.6 is 0 Å². The van der Waals surface area contributed by atoms with Crippen LogP contribution < -0.4 is 0 Å². The van der Waals surface area contributed by atoms with Gasteiger partial charge in [-0.1, -0.05) is 45.4 Å². The summed E-state index contributed by atoms with van der Waals surface area (Å²) in [6.45, 7) is 2.38. The van der Waals surface area contributed by atoms with Gasteiger partial charge < -0.3 is 0 Å². The molecular weight excluding hydrogens is 127 g/mol. The van der Waals surface area contributed by atoms with E-state index in [1.165, 1.54) is 38.5 Å². The fraction of sp³-hybridized carbons (Fsp3) is 1.00. The van der Waals surface area contributed by atoms with E-state index in [4.69, 9.17) is 0 Å². The van der Waals surface area contributed by atoms with Gasteiger partial charge in [0, 0.05) is 0 Å². The van der Waals surface area contributed by atoms with Crippen LogP contribution in [0.5, 0.6) is 0 Å². The third-order valence-corrected chi connectivity index (χ3v) is 2.14. The molecule has 1 aliphatic rings. The minimum atomic E-state index is 0.500. The molecule has 0 amide bonds. The molecule has 0 unspecified atom stereocenters. The van der Waals surface area contributed by atoms with E-state index in [1.807, 2.05) is 0 Å². The Kier molecular flexibility index (Phi) is 6.99. The third-order valence-electron chi connectivity index (χ3n) is 2.14. The van der Waals surface area contributed by atoms with E-state index in [0.717, 1.165) is 5.92 Å². The first-order chi connectivity index (χ1) is 4.89. The predicted octanol–water partition coefficient (Wildman–Crippen LogP) is 3.56. The molecule has 1 heteroatoms. The van der Waals surface area contributed by atoms with Crippen LogP contribution in [0.4, 0.5) is 4.39 Å². The van der Waals surface area contributed by atoms with E-state index < -0.39 is 0 Å². The maximum absolute atomic E-state index is 9.50. The van der Waals surface area contributed by atoms with Gasteiger partial charge in [-0.3, -0.25) is 4.39 Å². The molecule has 0 aromatic heterocycles. The lowest BCUT2D eigenvalue weighted by Crippen LogP contribution is -1.88. The highest BCUT2D eigenvalue weighted by Crippen LogP contribution is 2.21. The Morgan fingerprint density at radius 1 is 0.900 bits per heavy atom.